The molecule has 0 fully saturated rings. The summed E-state index contributed by atoms with van der Waals surface area (Å²) in [7, 11) is -0.144. The second-order valence-corrected chi connectivity index (χ2v) is 7.31. The maximum atomic E-state index is 12.0. The van der Waals surface area contributed by atoms with Crippen molar-refractivity contribution in [1.82, 2.24) is 4.31 Å². The maximum absolute atomic E-state index is 12.0. The fraction of sp³-hybridized carbons (Fsp3) is 0.571. The quantitative estimate of drug-likeness (QED) is 0.649. The van der Waals surface area contributed by atoms with Crippen molar-refractivity contribution < 1.29 is 17.9 Å². The molecule has 0 bridgehead atoms. The van der Waals surface area contributed by atoms with E-state index in [2.05, 4.69) is 0 Å². The molecule has 21 heavy (non-hydrogen) atoms. The topological polar surface area (TPSA) is 55.8 Å². The van der Waals surface area contributed by atoms with Gasteiger partial charge in [0, 0.05) is 19.5 Å². The number of nitrogens with zero attached hydrogens (tertiary/aromatic N) is 1. The number of likely N-dealkylation sites (N-methyl/N-ethyl adjacent to an activating group) is 1. The van der Waals surface area contributed by atoms with Crippen LogP contribution >= 0.6 is 11.6 Å². The zero-order valence-corrected chi connectivity index (χ0v) is 14.2. The first kappa shape index (κ1) is 18.1. The van der Waals surface area contributed by atoms with Gasteiger partial charge in [-0.05, 0) is 30.2 Å². The van der Waals surface area contributed by atoms with Gasteiger partial charge in [-0.3, -0.25) is 0 Å². The fourth-order valence-corrected chi connectivity index (χ4v) is 3.32. The Morgan fingerprint density at radius 1 is 1.24 bits per heavy atom. The molecule has 5 nitrogen and oxygen atoms in total. The van der Waals surface area contributed by atoms with Crippen molar-refractivity contribution in [2.75, 3.05) is 38.9 Å². The summed E-state index contributed by atoms with van der Waals surface area (Å²) in [6, 6.07) is 7.14. The van der Waals surface area contributed by atoms with Crippen molar-refractivity contribution in [1.29, 1.82) is 0 Å². The van der Waals surface area contributed by atoms with Gasteiger partial charge in [-0.25, -0.2) is 12.7 Å². The molecule has 7 heteroatoms. The Labute approximate surface area is 131 Å². The molecule has 0 radical (unpaired) electrons. The van der Waals surface area contributed by atoms with E-state index in [9.17, 15) is 8.42 Å². The average molecular weight is 336 g/mol. The molecule has 120 valence electrons. The van der Waals surface area contributed by atoms with E-state index in [0.29, 0.717) is 18.2 Å². The highest BCUT2D eigenvalue weighted by molar-refractivity contribution is 7.89. The summed E-state index contributed by atoms with van der Waals surface area (Å²) in [6.07, 6.45) is 0. The highest BCUT2D eigenvalue weighted by Gasteiger charge is 2.20. The van der Waals surface area contributed by atoms with Crippen LogP contribution < -0.4 is 9.47 Å². The van der Waals surface area contributed by atoms with Crippen LogP contribution in [0, 0.1) is 5.92 Å². The number of sulfonamides is 1. The molecular weight excluding hydrogens is 314 g/mol. The van der Waals surface area contributed by atoms with E-state index >= 15 is 0 Å². The summed E-state index contributed by atoms with van der Waals surface area (Å²) < 4.78 is 35.9. The first-order chi connectivity index (χ1) is 9.89. The Bertz CT molecular complexity index is 518. The third-order valence-electron chi connectivity index (χ3n) is 2.97. The fourth-order valence-electron chi connectivity index (χ4n) is 1.63. The third kappa shape index (κ3) is 6.11. The highest BCUT2D eigenvalue weighted by atomic mass is 35.5. The molecule has 0 aliphatic carbocycles. The molecule has 0 aromatic heterocycles. The number of methoxy groups -OCH3 is 1. The second kappa shape index (κ2) is 8.46. The van der Waals surface area contributed by atoms with Crippen molar-refractivity contribution in [3.05, 3.63) is 24.3 Å². The molecule has 1 aromatic rings. The van der Waals surface area contributed by atoms with E-state index in [-0.39, 0.29) is 18.3 Å². The first-order valence-corrected chi connectivity index (χ1v) is 8.80. The smallest absolute Gasteiger partial charge is 0.214 e. The minimum Gasteiger partial charge on any atom is -0.497 e. The lowest BCUT2D eigenvalue weighted by atomic mass is 10.3. The van der Waals surface area contributed by atoms with Crippen molar-refractivity contribution >= 4 is 21.6 Å². The van der Waals surface area contributed by atoms with Crippen LogP contribution in [0.3, 0.4) is 0 Å². The van der Waals surface area contributed by atoms with Gasteiger partial charge < -0.3 is 9.47 Å². The Hall–Kier alpha value is -0.980. The van der Waals surface area contributed by atoms with Gasteiger partial charge in [0.2, 0.25) is 10.0 Å². The van der Waals surface area contributed by atoms with E-state index in [1.807, 2.05) is 6.92 Å². The molecule has 0 aliphatic heterocycles. The van der Waals surface area contributed by atoms with Gasteiger partial charge in [-0.1, -0.05) is 6.92 Å². The molecule has 0 spiro atoms. The minimum absolute atomic E-state index is 0.0511. The molecule has 0 saturated carbocycles. The van der Waals surface area contributed by atoms with Crippen LogP contribution in [-0.2, 0) is 10.0 Å². The van der Waals surface area contributed by atoms with E-state index in [1.165, 1.54) is 4.31 Å². The number of ether oxygens (including phenoxy) is 2. The van der Waals surface area contributed by atoms with Crippen LogP contribution in [0.2, 0.25) is 0 Å². The van der Waals surface area contributed by atoms with Gasteiger partial charge in [0.05, 0.1) is 12.9 Å². The molecule has 1 aromatic carbocycles. The van der Waals surface area contributed by atoms with E-state index in [0.717, 1.165) is 5.75 Å². The van der Waals surface area contributed by atoms with E-state index in [4.69, 9.17) is 21.1 Å². The van der Waals surface area contributed by atoms with Gasteiger partial charge in [-0.2, -0.15) is 0 Å². The zero-order chi connectivity index (χ0) is 15.9. The second-order valence-electron chi connectivity index (χ2n) is 4.88. The Morgan fingerprint density at radius 3 is 2.33 bits per heavy atom. The van der Waals surface area contributed by atoms with Gasteiger partial charge in [0.1, 0.15) is 18.1 Å². The molecule has 0 heterocycles. The molecule has 1 unspecified atom stereocenters. The summed E-state index contributed by atoms with van der Waals surface area (Å²) >= 11 is 5.65. The summed E-state index contributed by atoms with van der Waals surface area (Å²) in [4.78, 5) is 0. The molecule has 1 atom stereocenters. The minimum atomic E-state index is -3.29. The number of benzene rings is 1. The molecular formula is C14H22ClNO4S. The van der Waals surface area contributed by atoms with Crippen LogP contribution in [-0.4, -0.2) is 51.7 Å². The maximum Gasteiger partial charge on any atom is 0.214 e. The Balaban J connectivity index is 2.43. The van der Waals surface area contributed by atoms with Gasteiger partial charge in [0.15, 0.2) is 0 Å². The number of halogens is 1. The van der Waals surface area contributed by atoms with Crippen molar-refractivity contribution in [2.45, 2.75) is 6.92 Å². The van der Waals surface area contributed by atoms with Crippen LogP contribution in [0.5, 0.6) is 11.5 Å². The normalized spacial score (nSPS) is 13.2. The third-order valence-corrected chi connectivity index (χ3v) is 5.62. The van der Waals surface area contributed by atoms with Crippen molar-refractivity contribution in [3.63, 3.8) is 0 Å². The number of rotatable bonds is 9. The van der Waals surface area contributed by atoms with Crippen LogP contribution in [0.1, 0.15) is 6.92 Å². The predicted molar refractivity (Wildman–Crippen MR) is 84.8 cm³/mol. The van der Waals surface area contributed by atoms with Crippen LogP contribution in [0.25, 0.3) is 0 Å². The largest absolute Gasteiger partial charge is 0.497 e. The highest BCUT2D eigenvalue weighted by Crippen LogP contribution is 2.17. The van der Waals surface area contributed by atoms with E-state index < -0.39 is 10.0 Å². The molecule has 0 amide bonds. The Morgan fingerprint density at radius 2 is 1.81 bits per heavy atom. The molecule has 0 aliphatic rings. The number of hydrogen-bond donors (Lipinski definition) is 0. The van der Waals surface area contributed by atoms with Crippen molar-refractivity contribution in [3.8, 4) is 11.5 Å². The first-order valence-electron chi connectivity index (χ1n) is 6.66. The van der Waals surface area contributed by atoms with Gasteiger partial charge in [-0.15, -0.1) is 11.6 Å². The Kier molecular flexibility index (Phi) is 7.28. The zero-order valence-electron chi connectivity index (χ0n) is 12.6. The summed E-state index contributed by atoms with van der Waals surface area (Å²) in [5.41, 5.74) is 0. The van der Waals surface area contributed by atoms with E-state index in [1.54, 1.807) is 38.4 Å². The summed E-state index contributed by atoms with van der Waals surface area (Å²) in [6.45, 7) is 2.40. The lowest BCUT2D eigenvalue weighted by Crippen LogP contribution is -2.34. The summed E-state index contributed by atoms with van der Waals surface area (Å²) in [5.74, 6) is 1.74. The lowest BCUT2D eigenvalue weighted by Gasteiger charge is -2.19. The number of alkyl halides is 1. The lowest BCUT2D eigenvalue weighted by molar-refractivity contribution is 0.286. The van der Waals surface area contributed by atoms with Crippen LogP contribution in [0.15, 0.2) is 24.3 Å². The average Bonchev–Trinajstić information content (AvgIpc) is 2.47. The van der Waals surface area contributed by atoms with Crippen molar-refractivity contribution in [2.24, 2.45) is 5.92 Å². The molecule has 1 rings (SSSR count). The molecule has 0 saturated heterocycles. The number of hydrogen-bond acceptors (Lipinski definition) is 4. The standard InChI is InChI=1S/C14H22ClNO4S/c1-12(10-15)11-21(17,18)16(2)8-9-20-14-6-4-13(19-3)5-7-14/h4-7,12H,8-11H2,1-3H3. The summed E-state index contributed by atoms with van der Waals surface area (Å²) in [5, 5.41) is 0. The predicted octanol–water partition coefficient (Wildman–Crippen LogP) is 2.21. The van der Waals surface area contributed by atoms with Crippen LogP contribution in [0.4, 0.5) is 0 Å². The van der Waals surface area contributed by atoms with Gasteiger partial charge >= 0.3 is 0 Å². The monoisotopic (exact) mass is 335 g/mol. The molecule has 0 N–H and O–H groups in total. The van der Waals surface area contributed by atoms with Gasteiger partial charge in [0.25, 0.3) is 0 Å². The SMILES string of the molecule is COc1ccc(OCCN(C)S(=O)(=O)CC(C)CCl)cc1.